The predicted octanol–water partition coefficient (Wildman–Crippen LogP) is 2.16. The summed E-state index contributed by atoms with van der Waals surface area (Å²) in [5.41, 5.74) is 5.64. The summed E-state index contributed by atoms with van der Waals surface area (Å²) in [4.78, 5) is 10.6. The van der Waals surface area contributed by atoms with Gasteiger partial charge in [-0.1, -0.05) is 32.1 Å². The minimum absolute atomic E-state index is 0.296. The minimum Gasteiger partial charge on any atom is -0.479 e. The number of aliphatic carboxylic acids is 1. The van der Waals surface area contributed by atoms with E-state index in [4.69, 9.17) is 15.6 Å². The van der Waals surface area contributed by atoms with Crippen LogP contribution in [-0.2, 0) is 9.53 Å². The Bertz CT molecular complexity index is 183. The molecular weight excluding hydrogens is 206 g/mol. The van der Waals surface area contributed by atoms with Crippen LogP contribution in [0.4, 0.5) is 0 Å². The molecular formula is C12H25NO3. The summed E-state index contributed by atoms with van der Waals surface area (Å²) >= 11 is 0. The van der Waals surface area contributed by atoms with Gasteiger partial charge in [-0.15, -0.1) is 0 Å². The van der Waals surface area contributed by atoms with Crippen LogP contribution in [-0.4, -0.2) is 30.3 Å². The van der Waals surface area contributed by atoms with Gasteiger partial charge in [-0.2, -0.15) is 0 Å². The number of nitrogens with two attached hydrogens (primary N) is 1. The lowest BCUT2D eigenvalue weighted by atomic mass is 10.1. The van der Waals surface area contributed by atoms with Crippen LogP contribution in [0.2, 0.25) is 0 Å². The molecule has 4 nitrogen and oxygen atoms in total. The van der Waals surface area contributed by atoms with Crippen LogP contribution in [0.15, 0.2) is 0 Å². The van der Waals surface area contributed by atoms with Crippen molar-refractivity contribution in [2.45, 2.75) is 64.0 Å². The predicted molar refractivity (Wildman–Crippen MR) is 64.4 cm³/mol. The Labute approximate surface area is 98.2 Å². The Hall–Kier alpha value is -0.610. The first-order chi connectivity index (χ1) is 7.57. The van der Waals surface area contributed by atoms with Crippen LogP contribution in [0.25, 0.3) is 0 Å². The molecule has 0 fully saturated rings. The Kier molecular flexibility index (Phi) is 9.24. The monoisotopic (exact) mass is 231 g/mol. The van der Waals surface area contributed by atoms with Crippen molar-refractivity contribution >= 4 is 5.97 Å². The number of carbonyl (C=O) groups is 1. The average Bonchev–Trinajstić information content (AvgIpc) is 2.21. The first-order valence-corrected chi connectivity index (χ1v) is 6.09. The molecule has 3 N–H and O–H groups in total. The molecule has 0 radical (unpaired) electrons. The number of rotatable bonds is 10. The molecule has 0 rings (SSSR count). The SMILES string of the molecule is COC(CCCCCCCC(C)N)C(=O)O. The molecule has 0 amide bonds. The zero-order valence-corrected chi connectivity index (χ0v) is 10.4. The molecule has 0 aromatic carbocycles. The lowest BCUT2D eigenvalue weighted by Crippen LogP contribution is -2.21. The third-order valence-electron chi connectivity index (χ3n) is 2.69. The molecule has 0 aliphatic heterocycles. The highest BCUT2D eigenvalue weighted by Crippen LogP contribution is 2.10. The maximum Gasteiger partial charge on any atom is 0.332 e. The number of unbranched alkanes of at least 4 members (excludes halogenated alkanes) is 4. The quantitative estimate of drug-likeness (QED) is 0.565. The third kappa shape index (κ3) is 8.68. The fourth-order valence-corrected chi connectivity index (χ4v) is 1.67. The van der Waals surface area contributed by atoms with Gasteiger partial charge < -0.3 is 15.6 Å². The maximum absolute atomic E-state index is 10.6. The minimum atomic E-state index is -0.862. The topological polar surface area (TPSA) is 72.5 Å². The lowest BCUT2D eigenvalue weighted by Gasteiger charge is -2.09. The van der Waals surface area contributed by atoms with Crippen LogP contribution in [0.3, 0.4) is 0 Å². The lowest BCUT2D eigenvalue weighted by molar-refractivity contribution is -0.148. The molecule has 96 valence electrons. The van der Waals surface area contributed by atoms with Gasteiger partial charge in [0.05, 0.1) is 0 Å². The van der Waals surface area contributed by atoms with Crippen molar-refractivity contribution in [1.29, 1.82) is 0 Å². The zero-order valence-electron chi connectivity index (χ0n) is 10.4. The van der Waals surface area contributed by atoms with E-state index >= 15 is 0 Å². The van der Waals surface area contributed by atoms with Gasteiger partial charge in [0.15, 0.2) is 6.10 Å². The van der Waals surface area contributed by atoms with Crippen molar-refractivity contribution in [1.82, 2.24) is 0 Å². The molecule has 0 saturated carbocycles. The summed E-state index contributed by atoms with van der Waals surface area (Å²) in [6.07, 6.45) is 6.56. The standard InChI is InChI=1S/C12H25NO3/c1-10(13)8-6-4-3-5-7-9-11(16-2)12(14)15/h10-11H,3-9,13H2,1-2H3,(H,14,15). The van der Waals surface area contributed by atoms with Gasteiger partial charge >= 0.3 is 5.97 Å². The van der Waals surface area contributed by atoms with Crippen LogP contribution in [0.1, 0.15) is 51.9 Å². The third-order valence-corrected chi connectivity index (χ3v) is 2.69. The van der Waals surface area contributed by atoms with Gasteiger partial charge in [-0.3, -0.25) is 0 Å². The van der Waals surface area contributed by atoms with E-state index in [0.717, 1.165) is 25.7 Å². The summed E-state index contributed by atoms with van der Waals surface area (Å²) in [5.74, 6) is -0.862. The molecule has 4 heteroatoms. The normalized spacial score (nSPS) is 14.7. The van der Waals surface area contributed by atoms with Gasteiger partial charge in [-0.05, 0) is 19.8 Å². The highest BCUT2D eigenvalue weighted by atomic mass is 16.5. The number of hydrogen-bond acceptors (Lipinski definition) is 3. The van der Waals surface area contributed by atoms with E-state index in [1.807, 2.05) is 6.92 Å². The van der Waals surface area contributed by atoms with Gasteiger partial charge in [0.1, 0.15) is 0 Å². The fourth-order valence-electron chi connectivity index (χ4n) is 1.67. The molecule has 0 heterocycles. The van der Waals surface area contributed by atoms with E-state index in [1.54, 1.807) is 0 Å². The summed E-state index contributed by atoms with van der Waals surface area (Å²) in [5, 5.41) is 8.74. The van der Waals surface area contributed by atoms with E-state index in [2.05, 4.69) is 0 Å². The van der Waals surface area contributed by atoms with Crippen molar-refractivity contribution in [2.24, 2.45) is 5.73 Å². The molecule has 0 saturated heterocycles. The number of hydrogen-bond donors (Lipinski definition) is 2. The average molecular weight is 231 g/mol. The van der Waals surface area contributed by atoms with Crippen molar-refractivity contribution in [2.75, 3.05) is 7.11 Å². The van der Waals surface area contributed by atoms with Crippen molar-refractivity contribution in [3.05, 3.63) is 0 Å². The van der Waals surface area contributed by atoms with Crippen molar-refractivity contribution < 1.29 is 14.6 Å². The van der Waals surface area contributed by atoms with Gasteiger partial charge in [0.25, 0.3) is 0 Å². The molecule has 0 spiro atoms. The molecule has 0 aliphatic rings. The van der Waals surface area contributed by atoms with Crippen LogP contribution < -0.4 is 5.73 Å². The number of ether oxygens (including phenoxy) is 1. The van der Waals surface area contributed by atoms with E-state index in [0.29, 0.717) is 12.5 Å². The summed E-state index contributed by atoms with van der Waals surface area (Å²) in [6, 6.07) is 0.296. The number of carboxylic acid groups (broad SMARTS) is 1. The van der Waals surface area contributed by atoms with Crippen molar-refractivity contribution in [3.8, 4) is 0 Å². The van der Waals surface area contributed by atoms with Crippen LogP contribution in [0, 0.1) is 0 Å². The molecule has 2 atom stereocenters. The second-order valence-corrected chi connectivity index (χ2v) is 4.38. The first-order valence-electron chi connectivity index (χ1n) is 6.09. The largest absolute Gasteiger partial charge is 0.479 e. The fraction of sp³-hybridized carbons (Fsp3) is 0.917. The van der Waals surface area contributed by atoms with Gasteiger partial charge in [-0.25, -0.2) is 4.79 Å². The second kappa shape index (κ2) is 9.60. The highest BCUT2D eigenvalue weighted by molar-refractivity contribution is 5.72. The molecule has 16 heavy (non-hydrogen) atoms. The van der Waals surface area contributed by atoms with Crippen LogP contribution >= 0.6 is 0 Å². The van der Waals surface area contributed by atoms with E-state index in [1.165, 1.54) is 20.0 Å². The van der Waals surface area contributed by atoms with E-state index in [9.17, 15) is 4.79 Å². The van der Waals surface area contributed by atoms with Crippen LogP contribution in [0.5, 0.6) is 0 Å². The molecule has 0 bridgehead atoms. The maximum atomic E-state index is 10.6. The smallest absolute Gasteiger partial charge is 0.332 e. The van der Waals surface area contributed by atoms with E-state index < -0.39 is 12.1 Å². The first kappa shape index (κ1) is 15.4. The Morgan fingerprint density at radius 2 is 1.69 bits per heavy atom. The number of carboxylic acids is 1. The van der Waals surface area contributed by atoms with Gasteiger partial charge in [0, 0.05) is 13.2 Å². The summed E-state index contributed by atoms with van der Waals surface area (Å²) < 4.78 is 4.85. The molecule has 0 aliphatic carbocycles. The zero-order chi connectivity index (χ0) is 12.4. The van der Waals surface area contributed by atoms with Crippen molar-refractivity contribution in [3.63, 3.8) is 0 Å². The Morgan fingerprint density at radius 1 is 1.19 bits per heavy atom. The molecule has 0 aromatic heterocycles. The summed E-state index contributed by atoms with van der Waals surface area (Å²) in [7, 11) is 1.45. The summed E-state index contributed by atoms with van der Waals surface area (Å²) in [6.45, 7) is 2.02. The Balaban J connectivity index is 3.29. The van der Waals surface area contributed by atoms with Gasteiger partial charge in [0.2, 0.25) is 0 Å². The Morgan fingerprint density at radius 3 is 2.12 bits per heavy atom. The van der Waals surface area contributed by atoms with E-state index in [-0.39, 0.29) is 0 Å². The molecule has 2 unspecified atom stereocenters. The second-order valence-electron chi connectivity index (χ2n) is 4.38. The number of methoxy groups -OCH3 is 1. The highest BCUT2D eigenvalue weighted by Gasteiger charge is 2.14. The molecule has 0 aromatic rings.